The molecule has 2 aromatic rings. The molecule has 0 spiro atoms. The lowest BCUT2D eigenvalue weighted by atomic mass is 10.2. The average Bonchev–Trinajstić information content (AvgIpc) is 2.64. The van der Waals surface area contributed by atoms with Crippen LogP contribution in [0.2, 0.25) is 0 Å². The number of amides is 1. The summed E-state index contributed by atoms with van der Waals surface area (Å²) < 4.78 is 11.6. The number of carbonyl (C=O) groups is 2. The summed E-state index contributed by atoms with van der Waals surface area (Å²) in [5, 5.41) is 0. The number of methoxy groups -OCH3 is 1. The van der Waals surface area contributed by atoms with Crippen LogP contribution in [0.1, 0.15) is 15.9 Å². The van der Waals surface area contributed by atoms with E-state index in [0.29, 0.717) is 16.2 Å². The third-order valence-corrected chi connectivity index (χ3v) is 5.11. The molecule has 2 rings (SSSR count). The lowest BCUT2D eigenvalue weighted by Crippen LogP contribution is -2.23. The largest absolute Gasteiger partial charge is 0.496 e. The Hall–Kier alpha value is -1.99. The summed E-state index contributed by atoms with van der Waals surface area (Å²) in [7, 11) is 4.98. The number of esters is 1. The molecular formula is C19H20BrNO4S. The predicted molar refractivity (Wildman–Crippen MR) is 106 cm³/mol. The number of benzene rings is 2. The molecule has 0 fully saturated rings. The Kier molecular flexibility index (Phi) is 7.53. The van der Waals surface area contributed by atoms with Gasteiger partial charge in [0.1, 0.15) is 12.4 Å². The Morgan fingerprint density at radius 2 is 1.88 bits per heavy atom. The van der Waals surface area contributed by atoms with Crippen molar-refractivity contribution in [2.75, 3.05) is 27.0 Å². The standard InChI is InChI=1S/C19H20BrNO4S/c1-21(2)18(22)12-26-17-7-5-4-6-15(17)19(23)25-11-13-10-14(20)8-9-16(13)24-3/h4-10H,11-12H2,1-3H3. The van der Waals surface area contributed by atoms with Crippen LogP contribution in [0.5, 0.6) is 5.75 Å². The summed E-state index contributed by atoms with van der Waals surface area (Å²) in [6.45, 7) is 0.0943. The summed E-state index contributed by atoms with van der Waals surface area (Å²) in [6, 6.07) is 12.6. The van der Waals surface area contributed by atoms with Crippen molar-refractivity contribution in [3.05, 3.63) is 58.1 Å². The lowest BCUT2D eigenvalue weighted by molar-refractivity contribution is -0.125. The number of carbonyl (C=O) groups excluding carboxylic acids is 2. The summed E-state index contributed by atoms with van der Waals surface area (Å²) in [4.78, 5) is 26.5. The Morgan fingerprint density at radius 3 is 2.58 bits per heavy atom. The first-order valence-electron chi connectivity index (χ1n) is 7.84. The second-order valence-corrected chi connectivity index (χ2v) is 7.54. The van der Waals surface area contributed by atoms with Crippen molar-refractivity contribution >= 4 is 39.6 Å². The van der Waals surface area contributed by atoms with Gasteiger partial charge in [-0.05, 0) is 30.3 Å². The molecule has 0 aliphatic heterocycles. The van der Waals surface area contributed by atoms with Gasteiger partial charge in [0.2, 0.25) is 5.91 Å². The van der Waals surface area contributed by atoms with Crippen molar-refractivity contribution in [1.82, 2.24) is 4.90 Å². The summed E-state index contributed by atoms with van der Waals surface area (Å²) in [6.07, 6.45) is 0. The van der Waals surface area contributed by atoms with Gasteiger partial charge in [-0.3, -0.25) is 4.79 Å². The van der Waals surface area contributed by atoms with Crippen molar-refractivity contribution in [3.8, 4) is 5.75 Å². The fraction of sp³-hybridized carbons (Fsp3) is 0.263. The maximum atomic E-state index is 12.5. The van der Waals surface area contributed by atoms with Crippen molar-refractivity contribution < 1.29 is 19.1 Å². The van der Waals surface area contributed by atoms with E-state index < -0.39 is 5.97 Å². The highest BCUT2D eigenvalue weighted by atomic mass is 79.9. The van der Waals surface area contributed by atoms with Gasteiger partial charge in [-0.1, -0.05) is 28.1 Å². The van der Waals surface area contributed by atoms with E-state index in [1.807, 2.05) is 30.3 Å². The molecule has 26 heavy (non-hydrogen) atoms. The topological polar surface area (TPSA) is 55.8 Å². The van der Waals surface area contributed by atoms with Crippen molar-refractivity contribution in [2.24, 2.45) is 0 Å². The summed E-state index contributed by atoms with van der Waals surface area (Å²) >= 11 is 4.72. The molecule has 0 bridgehead atoms. The molecule has 0 saturated heterocycles. The van der Waals surface area contributed by atoms with E-state index in [0.717, 1.165) is 10.0 Å². The van der Waals surface area contributed by atoms with E-state index >= 15 is 0 Å². The Bertz CT molecular complexity index is 795. The fourth-order valence-electron chi connectivity index (χ4n) is 2.11. The smallest absolute Gasteiger partial charge is 0.339 e. The van der Waals surface area contributed by atoms with Crippen LogP contribution in [0, 0.1) is 0 Å². The molecule has 2 aromatic carbocycles. The van der Waals surface area contributed by atoms with Gasteiger partial charge in [0.15, 0.2) is 0 Å². The first-order chi connectivity index (χ1) is 12.4. The normalized spacial score (nSPS) is 10.3. The lowest BCUT2D eigenvalue weighted by Gasteiger charge is -2.13. The zero-order valence-electron chi connectivity index (χ0n) is 14.8. The van der Waals surface area contributed by atoms with E-state index in [2.05, 4.69) is 15.9 Å². The van der Waals surface area contributed by atoms with Crippen molar-refractivity contribution in [3.63, 3.8) is 0 Å². The highest BCUT2D eigenvalue weighted by molar-refractivity contribution is 9.10. The molecule has 0 unspecified atom stereocenters. The number of thioether (sulfide) groups is 1. The van der Waals surface area contributed by atoms with Gasteiger partial charge in [-0.15, -0.1) is 11.8 Å². The number of ether oxygens (including phenoxy) is 2. The maximum absolute atomic E-state index is 12.5. The molecule has 7 heteroatoms. The molecule has 1 amide bonds. The third kappa shape index (κ3) is 5.51. The van der Waals surface area contributed by atoms with E-state index in [9.17, 15) is 9.59 Å². The first-order valence-corrected chi connectivity index (χ1v) is 9.61. The minimum atomic E-state index is -0.438. The van der Waals surface area contributed by atoms with Crippen LogP contribution in [0.25, 0.3) is 0 Å². The molecule has 0 aromatic heterocycles. The number of halogens is 1. The Labute approximate surface area is 165 Å². The molecule has 0 aliphatic carbocycles. The van der Waals surface area contributed by atoms with E-state index in [-0.39, 0.29) is 18.3 Å². The van der Waals surface area contributed by atoms with Gasteiger partial charge in [-0.25, -0.2) is 4.79 Å². The van der Waals surface area contributed by atoms with Crippen LogP contribution in [-0.4, -0.2) is 43.7 Å². The van der Waals surface area contributed by atoms with Crippen molar-refractivity contribution in [1.29, 1.82) is 0 Å². The zero-order chi connectivity index (χ0) is 19.1. The van der Waals surface area contributed by atoms with Crippen LogP contribution in [0.15, 0.2) is 51.8 Å². The maximum Gasteiger partial charge on any atom is 0.339 e. The van der Waals surface area contributed by atoms with Gasteiger partial charge in [0, 0.05) is 29.0 Å². The quantitative estimate of drug-likeness (QED) is 0.483. The van der Waals surface area contributed by atoms with Crippen LogP contribution in [-0.2, 0) is 16.1 Å². The van der Waals surface area contributed by atoms with Gasteiger partial charge in [0.05, 0.1) is 18.4 Å². The molecule has 0 atom stereocenters. The van der Waals surface area contributed by atoms with Gasteiger partial charge in [-0.2, -0.15) is 0 Å². The first kappa shape index (κ1) is 20.3. The van der Waals surface area contributed by atoms with Gasteiger partial charge >= 0.3 is 5.97 Å². The van der Waals surface area contributed by atoms with Crippen LogP contribution < -0.4 is 4.74 Å². The second kappa shape index (κ2) is 9.64. The molecule has 0 heterocycles. The molecule has 0 N–H and O–H groups in total. The Balaban J connectivity index is 2.08. The SMILES string of the molecule is COc1ccc(Br)cc1COC(=O)c1ccccc1SCC(=O)N(C)C. The monoisotopic (exact) mass is 437 g/mol. The average molecular weight is 438 g/mol. The minimum Gasteiger partial charge on any atom is -0.496 e. The molecule has 5 nitrogen and oxygen atoms in total. The van der Waals surface area contributed by atoms with E-state index in [1.54, 1.807) is 33.3 Å². The van der Waals surface area contributed by atoms with E-state index in [1.165, 1.54) is 16.7 Å². The Morgan fingerprint density at radius 1 is 1.15 bits per heavy atom. The third-order valence-electron chi connectivity index (χ3n) is 3.56. The van der Waals surface area contributed by atoms with Crippen LogP contribution in [0.3, 0.4) is 0 Å². The molecule has 0 radical (unpaired) electrons. The number of hydrogen-bond donors (Lipinski definition) is 0. The fourth-order valence-corrected chi connectivity index (χ4v) is 3.54. The van der Waals surface area contributed by atoms with Crippen LogP contribution >= 0.6 is 27.7 Å². The zero-order valence-corrected chi connectivity index (χ0v) is 17.2. The highest BCUT2D eigenvalue weighted by Gasteiger charge is 2.16. The second-order valence-electron chi connectivity index (χ2n) is 5.61. The molecule has 0 saturated carbocycles. The van der Waals surface area contributed by atoms with Gasteiger partial charge in [0.25, 0.3) is 0 Å². The number of hydrogen-bond acceptors (Lipinski definition) is 5. The molecule has 138 valence electrons. The van der Waals surface area contributed by atoms with Crippen molar-refractivity contribution in [2.45, 2.75) is 11.5 Å². The molecular weight excluding hydrogens is 418 g/mol. The number of rotatable bonds is 7. The van der Waals surface area contributed by atoms with E-state index in [4.69, 9.17) is 9.47 Å². The highest BCUT2D eigenvalue weighted by Crippen LogP contribution is 2.26. The minimum absolute atomic E-state index is 0.0166. The summed E-state index contributed by atoms with van der Waals surface area (Å²) in [5.41, 5.74) is 1.21. The predicted octanol–water partition coefficient (Wildman–Crippen LogP) is 4.00. The molecule has 0 aliphatic rings. The van der Waals surface area contributed by atoms with Crippen LogP contribution in [0.4, 0.5) is 0 Å². The number of nitrogens with zero attached hydrogens (tertiary/aromatic N) is 1. The summed E-state index contributed by atoms with van der Waals surface area (Å²) in [5.74, 6) is 0.459. The van der Waals surface area contributed by atoms with Gasteiger partial charge < -0.3 is 14.4 Å².